The number of ether oxygens (including phenoxy) is 1. The van der Waals surface area contributed by atoms with Crippen molar-refractivity contribution < 1.29 is 13.5 Å². The number of rotatable bonds is 0. The van der Waals surface area contributed by atoms with E-state index in [1.54, 1.807) is 26.0 Å². The van der Waals surface area contributed by atoms with Crippen molar-refractivity contribution >= 4 is 0 Å². The third-order valence-corrected chi connectivity index (χ3v) is 2.40. The van der Waals surface area contributed by atoms with Gasteiger partial charge < -0.3 is 4.74 Å². The summed E-state index contributed by atoms with van der Waals surface area (Å²) in [5.74, 6) is -2.43. The highest BCUT2D eigenvalue weighted by Gasteiger charge is 2.40. The Morgan fingerprint density at radius 2 is 2.14 bits per heavy atom. The molecule has 1 heterocycles. The van der Waals surface area contributed by atoms with Gasteiger partial charge in [0, 0.05) is 0 Å². The number of hydrogen-bond donors (Lipinski definition) is 0. The molecule has 0 saturated heterocycles. The molecular formula is C11H12F2O. The van der Waals surface area contributed by atoms with Gasteiger partial charge in [0.15, 0.2) is 0 Å². The monoisotopic (exact) mass is 198 g/mol. The molecule has 0 bridgehead atoms. The fourth-order valence-corrected chi connectivity index (χ4v) is 1.76. The standard InChI is InChI=1S/C11H12F2O/c1-7-3-4-10-9(5-7)11(12,13)6-8(2)14-10/h3-5,8H,6H2,1-2H3. The van der Waals surface area contributed by atoms with Crippen LogP contribution in [-0.2, 0) is 5.92 Å². The lowest BCUT2D eigenvalue weighted by atomic mass is 9.97. The summed E-state index contributed by atoms with van der Waals surface area (Å²) >= 11 is 0. The molecule has 1 aliphatic rings. The average Bonchev–Trinajstić information content (AvgIpc) is 2.05. The Balaban J connectivity index is 2.53. The summed E-state index contributed by atoms with van der Waals surface area (Å²) in [4.78, 5) is 0. The van der Waals surface area contributed by atoms with Crippen LogP contribution in [0.5, 0.6) is 5.75 Å². The summed E-state index contributed by atoms with van der Waals surface area (Å²) in [5.41, 5.74) is 0.858. The van der Waals surface area contributed by atoms with E-state index in [0.29, 0.717) is 5.75 Å². The van der Waals surface area contributed by atoms with E-state index in [1.807, 2.05) is 0 Å². The molecule has 1 aliphatic heterocycles. The molecule has 76 valence electrons. The van der Waals surface area contributed by atoms with Crippen LogP contribution in [0.2, 0.25) is 0 Å². The van der Waals surface area contributed by atoms with Crippen LogP contribution in [0.4, 0.5) is 8.78 Å². The van der Waals surface area contributed by atoms with Crippen LogP contribution >= 0.6 is 0 Å². The minimum absolute atomic E-state index is 0.0237. The first-order valence-electron chi connectivity index (χ1n) is 4.64. The molecular weight excluding hydrogens is 186 g/mol. The third kappa shape index (κ3) is 1.47. The zero-order valence-corrected chi connectivity index (χ0v) is 8.18. The van der Waals surface area contributed by atoms with Crippen molar-refractivity contribution in [2.24, 2.45) is 0 Å². The molecule has 0 amide bonds. The normalized spacial score (nSPS) is 23.9. The molecule has 3 heteroatoms. The van der Waals surface area contributed by atoms with Crippen molar-refractivity contribution in [1.82, 2.24) is 0 Å². The summed E-state index contributed by atoms with van der Waals surface area (Å²) < 4.78 is 32.4. The van der Waals surface area contributed by atoms with Crippen LogP contribution in [-0.4, -0.2) is 6.10 Å². The fourth-order valence-electron chi connectivity index (χ4n) is 1.76. The number of hydrogen-bond acceptors (Lipinski definition) is 1. The molecule has 0 radical (unpaired) electrons. The Morgan fingerprint density at radius 1 is 1.43 bits per heavy atom. The topological polar surface area (TPSA) is 9.23 Å². The molecule has 0 aliphatic carbocycles. The quantitative estimate of drug-likeness (QED) is 0.621. The van der Waals surface area contributed by atoms with Crippen molar-refractivity contribution in [2.75, 3.05) is 0 Å². The van der Waals surface area contributed by atoms with Crippen molar-refractivity contribution in [2.45, 2.75) is 32.3 Å². The summed E-state index contributed by atoms with van der Waals surface area (Å²) in [6.07, 6.45) is -0.649. The third-order valence-electron chi connectivity index (χ3n) is 2.40. The smallest absolute Gasteiger partial charge is 0.280 e. The summed E-state index contributed by atoms with van der Waals surface area (Å²) in [7, 11) is 0. The molecule has 1 aromatic carbocycles. The van der Waals surface area contributed by atoms with Crippen molar-refractivity contribution in [3.8, 4) is 5.75 Å². The lowest BCUT2D eigenvalue weighted by molar-refractivity contribution is -0.0606. The first kappa shape index (κ1) is 9.44. The van der Waals surface area contributed by atoms with Gasteiger partial charge in [-0.1, -0.05) is 11.6 Å². The van der Waals surface area contributed by atoms with E-state index in [2.05, 4.69) is 0 Å². The fraction of sp³-hybridized carbons (Fsp3) is 0.455. The first-order chi connectivity index (χ1) is 6.49. The van der Waals surface area contributed by atoms with Gasteiger partial charge in [-0.25, -0.2) is 8.78 Å². The number of alkyl halides is 2. The van der Waals surface area contributed by atoms with Gasteiger partial charge in [-0.3, -0.25) is 0 Å². The molecule has 0 N–H and O–H groups in total. The van der Waals surface area contributed by atoms with Gasteiger partial charge in [0.05, 0.1) is 12.0 Å². The molecule has 1 unspecified atom stereocenters. The van der Waals surface area contributed by atoms with Gasteiger partial charge in [0.1, 0.15) is 11.9 Å². The van der Waals surface area contributed by atoms with E-state index >= 15 is 0 Å². The minimum atomic E-state index is -2.75. The van der Waals surface area contributed by atoms with Gasteiger partial charge in [-0.15, -0.1) is 0 Å². The number of benzene rings is 1. The Labute approximate surface area is 81.7 Å². The number of aryl methyl sites for hydroxylation is 1. The van der Waals surface area contributed by atoms with E-state index in [1.165, 1.54) is 6.07 Å². The highest BCUT2D eigenvalue weighted by atomic mass is 19.3. The highest BCUT2D eigenvalue weighted by molar-refractivity contribution is 5.41. The van der Waals surface area contributed by atoms with Crippen molar-refractivity contribution in [3.63, 3.8) is 0 Å². The lowest BCUT2D eigenvalue weighted by Crippen LogP contribution is -2.30. The van der Waals surface area contributed by atoms with E-state index in [-0.39, 0.29) is 12.0 Å². The van der Waals surface area contributed by atoms with Crippen molar-refractivity contribution in [3.05, 3.63) is 29.3 Å². The average molecular weight is 198 g/mol. The van der Waals surface area contributed by atoms with E-state index in [0.717, 1.165) is 5.56 Å². The maximum absolute atomic E-state index is 13.5. The molecule has 0 fully saturated rings. The van der Waals surface area contributed by atoms with Gasteiger partial charge in [0.2, 0.25) is 0 Å². The predicted molar refractivity (Wildman–Crippen MR) is 49.8 cm³/mol. The predicted octanol–water partition coefficient (Wildman–Crippen LogP) is 3.26. The molecule has 1 nitrogen and oxygen atoms in total. The maximum atomic E-state index is 13.5. The van der Waals surface area contributed by atoms with Crippen LogP contribution < -0.4 is 4.74 Å². The summed E-state index contributed by atoms with van der Waals surface area (Å²) in [6.45, 7) is 3.46. The second kappa shape index (κ2) is 2.94. The Kier molecular flexibility index (Phi) is 1.98. The van der Waals surface area contributed by atoms with Crippen LogP contribution in [0, 0.1) is 6.92 Å². The molecule has 0 aromatic heterocycles. The zero-order valence-electron chi connectivity index (χ0n) is 8.18. The number of halogens is 2. The second-order valence-electron chi connectivity index (χ2n) is 3.84. The molecule has 0 saturated carbocycles. The molecule has 1 atom stereocenters. The summed E-state index contributed by atoms with van der Waals surface area (Å²) in [6, 6.07) is 4.91. The molecule has 2 rings (SSSR count). The maximum Gasteiger partial charge on any atom is 0.280 e. The Morgan fingerprint density at radius 3 is 2.86 bits per heavy atom. The number of fused-ring (bicyclic) bond motifs is 1. The molecule has 0 spiro atoms. The van der Waals surface area contributed by atoms with Crippen molar-refractivity contribution in [1.29, 1.82) is 0 Å². The second-order valence-corrected chi connectivity index (χ2v) is 3.84. The Hall–Kier alpha value is -1.12. The van der Waals surface area contributed by atoms with Crippen LogP contribution in [0.1, 0.15) is 24.5 Å². The van der Waals surface area contributed by atoms with Gasteiger partial charge in [-0.2, -0.15) is 0 Å². The van der Waals surface area contributed by atoms with E-state index < -0.39 is 12.0 Å². The van der Waals surface area contributed by atoms with Crippen LogP contribution in [0.3, 0.4) is 0 Å². The molecule has 14 heavy (non-hydrogen) atoms. The summed E-state index contributed by atoms with van der Waals surface area (Å²) in [5, 5.41) is 0. The highest BCUT2D eigenvalue weighted by Crippen LogP contribution is 2.43. The van der Waals surface area contributed by atoms with E-state index in [9.17, 15) is 8.78 Å². The molecule has 1 aromatic rings. The zero-order chi connectivity index (χ0) is 10.3. The Bertz CT molecular complexity index is 360. The largest absolute Gasteiger partial charge is 0.490 e. The van der Waals surface area contributed by atoms with Gasteiger partial charge in [0.25, 0.3) is 5.92 Å². The first-order valence-corrected chi connectivity index (χ1v) is 4.64. The van der Waals surface area contributed by atoms with Crippen LogP contribution in [0.15, 0.2) is 18.2 Å². The lowest BCUT2D eigenvalue weighted by Gasteiger charge is -2.30. The SMILES string of the molecule is Cc1ccc2c(c1)C(F)(F)CC(C)O2. The minimum Gasteiger partial charge on any atom is -0.490 e. The van der Waals surface area contributed by atoms with Gasteiger partial charge >= 0.3 is 0 Å². The van der Waals surface area contributed by atoms with Gasteiger partial charge in [-0.05, 0) is 26.0 Å². The van der Waals surface area contributed by atoms with E-state index in [4.69, 9.17) is 4.74 Å². The van der Waals surface area contributed by atoms with Crippen LogP contribution in [0.25, 0.3) is 0 Å².